The molecule has 3 aromatic rings. The Bertz CT molecular complexity index is 993. The van der Waals surface area contributed by atoms with Crippen LogP contribution in [-0.2, 0) is 16.0 Å². The SMILES string of the molecule is O=C(CCc1ccccc1C(=O)O)OCC1c2ccccc2-c2ccccc21. The topological polar surface area (TPSA) is 63.6 Å². The van der Waals surface area contributed by atoms with Gasteiger partial charge in [-0.1, -0.05) is 66.7 Å². The molecule has 0 unspecified atom stereocenters. The number of hydrogen-bond acceptors (Lipinski definition) is 3. The number of aryl methyl sites for hydroxylation is 1. The number of carbonyl (C=O) groups is 2. The molecular weight excluding hydrogens is 352 g/mol. The summed E-state index contributed by atoms with van der Waals surface area (Å²) in [5, 5.41) is 9.25. The van der Waals surface area contributed by atoms with Gasteiger partial charge >= 0.3 is 11.9 Å². The first-order valence-electron chi connectivity index (χ1n) is 9.30. The van der Waals surface area contributed by atoms with E-state index in [0.717, 1.165) is 0 Å². The molecule has 0 saturated heterocycles. The van der Waals surface area contributed by atoms with Gasteiger partial charge < -0.3 is 9.84 Å². The van der Waals surface area contributed by atoms with Crippen molar-refractivity contribution >= 4 is 11.9 Å². The van der Waals surface area contributed by atoms with E-state index < -0.39 is 5.97 Å². The van der Waals surface area contributed by atoms with Crippen LogP contribution in [-0.4, -0.2) is 23.7 Å². The molecule has 0 saturated carbocycles. The van der Waals surface area contributed by atoms with E-state index in [1.54, 1.807) is 24.3 Å². The third kappa shape index (κ3) is 3.41. The maximum Gasteiger partial charge on any atom is 0.335 e. The molecule has 0 fully saturated rings. The van der Waals surface area contributed by atoms with Gasteiger partial charge in [0.2, 0.25) is 0 Å². The van der Waals surface area contributed by atoms with Crippen LogP contribution in [0.2, 0.25) is 0 Å². The molecule has 0 bridgehead atoms. The van der Waals surface area contributed by atoms with Crippen LogP contribution >= 0.6 is 0 Å². The van der Waals surface area contributed by atoms with Gasteiger partial charge in [0.25, 0.3) is 0 Å². The Balaban J connectivity index is 1.43. The molecule has 0 atom stereocenters. The molecule has 1 aliphatic carbocycles. The normalized spacial score (nSPS) is 12.3. The van der Waals surface area contributed by atoms with E-state index >= 15 is 0 Å². The van der Waals surface area contributed by atoms with Crippen molar-refractivity contribution in [3.05, 3.63) is 95.1 Å². The lowest BCUT2D eigenvalue weighted by Crippen LogP contribution is -2.13. The number of carbonyl (C=O) groups excluding carboxylic acids is 1. The fourth-order valence-corrected chi connectivity index (χ4v) is 3.87. The molecule has 0 heterocycles. The molecule has 28 heavy (non-hydrogen) atoms. The number of esters is 1. The maximum atomic E-state index is 12.3. The highest BCUT2D eigenvalue weighted by atomic mass is 16.5. The first-order chi connectivity index (χ1) is 13.6. The Morgan fingerprint density at radius 2 is 1.39 bits per heavy atom. The fraction of sp³-hybridized carbons (Fsp3) is 0.167. The Hall–Kier alpha value is -3.40. The summed E-state index contributed by atoms with van der Waals surface area (Å²) >= 11 is 0. The molecule has 3 aromatic carbocycles. The van der Waals surface area contributed by atoms with Gasteiger partial charge in [-0.05, 0) is 40.3 Å². The average Bonchev–Trinajstić information content (AvgIpc) is 3.05. The Labute approximate surface area is 163 Å². The smallest absolute Gasteiger partial charge is 0.335 e. The van der Waals surface area contributed by atoms with Crippen molar-refractivity contribution in [3.63, 3.8) is 0 Å². The monoisotopic (exact) mass is 372 g/mol. The molecule has 4 rings (SSSR count). The first-order valence-corrected chi connectivity index (χ1v) is 9.30. The summed E-state index contributed by atoms with van der Waals surface area (Å²) in [7, 11) is 0. The van der Waals surface area contributed by atoms with Crippen LogP contribution in [0.4, 0.5) is 0 Å². The number of ether oxygens (including phenoxy) is 1. The predicted octanol–water partition coefficient (Wildman–Crippen LogP) is 4.67. The molecule has 0 spiro atoms. The van der Waals surface area contributed by atoms with E-state index in [4.69, 9.17) is 4.74 Å². The van der Waals surface area contributed by atoms with Crippen molar-refractivity contribution in [2.75, 3.05) is 6.61 Å². The molecule has 140 valence electrons. The number of carboxylic acids is 1. The summed E-state index contributed by atoms with van der Waals surface area (Å²) in [6.45, 7) is 0.285. The van der Waals surface area contributed by atoms with Gasteiger partial charge in [0.05, 0.1) is 5.56 Å². The van der Waals surface area contributed by atoms with Crippen LogP contribution in [0.3, 0.4) is 0 Å². The van der Waals surface area contributed by atoms with Crippen LogP contribution in [0.25, 0.3) is 11.1 Å². The summed E-state index contributed by atoms with van der Waals surface area (Å²) in [6.07, 6.45) is 0.499. The minimum absolute atomic E-state index is 0.0302. The molecule has 1 aliphatic rings. The van der Waals surface area contributed by atoms with Crippen molar-refractivity contribution in [2.45, 2.75) is 18.8 Å². The number of carboxylic acid groups (broad SMARTS) is 1. The van der Waals surface area contributed by atoms with Crippen LogP contribution < -0.4 is 0 Å². The summed E-state index contributed by atoms with van der Waals surface area (Å²) < 4.78 is 5.58. The lowest BCUT2D eigenvalue weighted by atomic mass is 9.98. The van der Waals surface area contributed by atoms with Gasteiger partial charge in [-0.2, -0.15) is 0 Å². The average molecular weight is 372 g/mol. The van der Waals surface area contributed by atoms with Crippen molar-refractivity contribution in [3.8, 4) is 11.1 Å². The maximum absolute atomic E-state index is 12.3. The summed E-state index contributed by atoms with van der Waals surface area (Å²) in [6, 6.07) is 23.1. The summed E-state index contributed by atoms with van der Waals surface area (Å²) in [4.78, 5) is 23.6. The molecular formula is C24H20O4. The zero-order valence-electron chi connectivity index (χ0n) is 15.3. The number of hydrogen-bond donors (Lipinski definition) is 1. The Morgan fingerprint density at radius 3 is 2.04 bits per heavy atom. The van der Waals surface area contributed by atoms with Gasteiger partial charge in [-0.25, -0.2) is 4.79 Å². The molecule has 0 radical (unpaired) electrons. The molecule has 0 aliphatic heterocycles. The minimum atomic E-state index is -0.983. The Kier molecular flexibility index (Phi) is 4.94. The number of fused-ring (bicyclic) bond motifs is 3. The van der Waals surface area contributed by atoms with Crippen LogP contribution in [0.15, 0.2) is 72.8 Å². The van der Waals surface area contributed by atoms with E-state index in [9.17, 15) is 14.7 Å². The van der Waals surface area contributed by atoms with Crippen LogP contribution in [0.5, 0.6) is 0 Å². The van der Waals surface area contributed by atoms with Gasteiger partial charge in [0, 0.05) is 12.3 Å². The molecule has 1 N–H and O–H groups in total. The van der Waals surface area contributed by atoms with Crippen molar-refractivity contribution < 1.29 is 19.4 Å². The van der Waals surface area contributed by atoms with Gasteiger partial charge in [-0.15, -0.1) is 0 Å². The van der Waals surface area contributed by atoms with Crippen LogP contribution in [0.1, 0.15) is 39.4 Å². The summed E-state index contributed by atoms with van der Waals surface area (Å²) in [5.41, 5.74) is 5.60. The quantitative estimate of drug-likeness (QED) is 0.639. The highest BCUT2D eigenvalue weighted by Gasteiger charge is 2.28. The fourth-order valence-electron chi connectivity index (χ4n) is 3.87. The van der Waals surface area contributed by atoms with Gasteiger partial charge in [0.15, 0.2) is 0 Å². The van der Waals surface area contributed by atoms with Crippen molar-refractivity contribution in [2.24, 2.45) is 0 Å². The third-order valence-corrected chi connectivity index (χ3v) is 5.22. The highest BCUT2D eigenvalue weighted by molar-refractivity contribution is 5.89. The lowest BCUT2D eigenvalue weighted by Gasteiger charge is -2.14. The second-order valence-electron chi connectivity index (χ2n) is 6.87. The van der Waals surface area contributed by atoms with E-state index in [0.29, 0.717) is 12.0 Å². The third-order valence-electron chi connectivity index (χ3n) is 5.22. The standard InChI is InChI=1S/C24H20O4/c25-23(14-13-16-7-1-2-8-17(16)24(26)27)28-15-22-20-11-5-3-9-18(20)19-10-4-6-12-21(19)22/h1-12,22H,13-15H2,(H,26,27). The first kappa shape index (κ1) is 18.0. The van der Waals surface area contributed by atoms with E-state index in [-0.39, 0.29) is 30.5 Å². The van der Waals surface area contributed by atoms with E-state index in [2.05, 4.69) is 24.3 Å². The number of benzene rings is 3. The molecule has 0 aromatic heterocycles. The van der Waals surface area contributed by atoms with E-state index in [1.165, 1.54) is 22.3 Å². The zero-order chi connectivity index (χ0) is 19.5. The second kappa shape index (κ2) is 7.69. The lowest BCUT2D eigenvalue weighted by molar-refractivity contribution is -0.143. The van der Waals surface area contributed by atoms with Gasteiger partial charge in [0.1, 0.15) is 6.61 Å². The predicted molar refractivity (Wildman–Crippen MR) is 106 cm³/mol. The number of rotatable bonds is 6. The van der Waals surface area contributed by atoms with Crippen LogP contribution in [0, 0.1) is 0 Å². The largest absolute Gasteiger partial charge is 0.478 e. The molecule has 4 nitrogen and oxygen atoms in total. The summed E-state index contributed by atoms with van der Waals surface area (Å²) in [5.74, 6) is -1.27. The second-order valence-corrected chi connectivity index (χ2v) is 6.87. The van der Waals surface area contributed by atoms with E-state index in [1.807, 2.05) is 24.3 Å². The highest BCUT2D eigenvalue weighted by Crippen LogP contribution is 2.44. The molecule has 4 heteroatoms. The zero-order valence-corrected chi connectivity index (χ0v) is 15.3. The minimum Gasteiger partial charge on any atom is -0.478 e. The Morgan fingerprint density at radius 1 is 0.821 bits per heavy atom. The van der Waals surface area contributed by atoms with Crippen molar-refractivity contribution in [1.29, 1.82) is 0 Å². The van der Waals surface area contributed by atoms with Crippen molar-refractivity contribution in [1.82, 2.24) is 0 Å². The molecule has 0 amide bonds. The van der Waals surface area contributed by atoms with Gasteiger partial charge in [-0.3, -0.25) is 4.79 Å². The number of aromatic carboxylic acids is 1.